The highest BCUT2D eigenvalue weighted by molar-refractivity contribution is 8.18. The summed E-state index contributed by atoms with van der Waals surface area (Å²) in [5.41, 5.74) is 0.594. The number of imide groups is 1. The van der Waals surface area contributed by atoms with Gasteiger partial charge in [0.2, 0.25) is 0 Å². The van der Waals surface area contributed by atoms with Crippen molar-refractivity contribution in [2.75, 3.05) is 46.6 Å². The molecule has 3 rings (SSSR count). The maximum atomic E-state index is 12.7. The molecule has 1 atom stereocenters. The van der Waals surface area contributed by atoms with Gasteiger partial charge in [0.25, 0.3) is 17.1 Å². The van der Waals surface area contributed by atoms with Gasteiger partial charge in [-0.1, -0.05) is 13.0 Å². The zero-order chi connectivity index (χ0) is 24.7. The first kappa shape index (κ1) is 25.6. The zero-order valence-corrected chi connectivity index (χ0v) is 20.2. The Kier molecular flexibility index (Phi) is 8.94. The lowest BCUT2D eigenvalue weighted by Gasteiger charge is -2.26. The summed E-state index contributed by atoms with van der Waals surface area (Å²) in [4.78, 5) is 52.0. The molecule has 0 saturated carbocycles. The van der Waals surface area contributed by atoms with Crippen LogP contribution in [0.4, 0.5) is 4.79 Å². The Bertz CT molecular complexity index is 974. The number of thioether (sulfide) groups is 1. The summed E-state index contributed by atoms with van der Waals surface area (Å²) in [5, 5.41) is -0.536. The van der Waals surface area contributed by atoms with Crippen LogP contribution in [0, 0.1) is 0 Å². The average Bonchev–Trinajstić information content (AvgIpc) is 3.10. The second-order valence-electron chi connectivity index (χ2n) is 7.67. The maximum Gasteiger partial charge on any atom is 0.326 e. The van der Waals surface area contributed by atoms with Gasteiger partial charge in [-0.2, -0.15) is 0 Å². The summed E-state index contributed by atoms with van der Waals surface area (Å²) in [6, 6.07) is 4.95. The Morgan fingerprint density at radius 1 is 1.21 bits per heavy atom. The van der Waals surface area contributed by atoms with Gasteiger partial charge >= 0.3 is 5.97 Å². The molecule has 0 bridgehead atoms. The third-order valence-corrected chi connectivity index (χ3v) is 6.18. The summed E-state index contributed by atoms with van der Waals surface area (Å²) < 4.78 is 21.4. The van der Waals surface area contributed by atoms with Crippen molar-refractivity contribution in [1.82, 2.24) is 9.80 Å². The maximum absolute atomic E-state index is 12.7. The number of benzene rings is 1. The van der Waals surface area contributed by atoms with Crippen LogP contribution >= 0.6 is 11.8 Å². The van der Waals surface area contributed by atoms with Crippen LogP contribution in [0.15, 0.2) is 23.1 Å². The van der Waals surface area contributed by atoms with E-state index < -0.39 is 23.7 Å². The van der Waals surface area contributed by atoms with Crippen molar-refractivity contribution in [3.8, 4) is 11.5 Å². The van der Waals surface area contributed by atoms with Gasteiger partial charge < -0.3 is 23.8 Å². The first-order valence-electron chi connectivity index (χ1n) is 10.9. The molecular weight excluding hydrogens is 464 g/mol. The van der Waals surface area contributed by atoms with Crippen LogP contribution in [0.5, 0.6) is 11.5 Å². The van der Waals surface area contributed by atoms with Gasteiger partial charge in [0.15, 0.2) is 18.1 Å². The summed E-state index contributed by atoms with van der Waals surface area (Å²) in [6.07, 6.45) is 1.88. The molecule has 0 spiro atoms. The molecule has 2 heterocycles. The number of amides is 3. The van der Waals surface area contributed by atoms with Crippen LogP contribution in [-0.2, 0) is 23.9 Å². The minimum Gasteiger partial charge on any atom is -0.493 e. The smallest absolute Gasteiger partial charge is 0.326 e. The van der Waals surface area contributed by atoms with Gasteiger partial charge in [-0.3, -0.25) is 24.1 Å². The van der Waals surface area contributed by atoms with Crippen LogP contribution in [0.25, 0.3) is 6.08 Å². The molecule has 0 aromatic heterocycles. The number of morpholine rings is 1. The van der Waals surface area contributed by atoms with Crippen molar-refractivity contribution >= 4 is 40.9 Å². The lowest BCUT2D eigenvalue weighted by Crippen LogP contribution is -2.43. The number of carbonyl (C=O) groups is 4. The second kappa shape index (κ2) is 11.9. The first-order chi connectivity index (χ1) is 16.3. The number of esters is 1. The van der Waals surface area contributed by atoms with E-state index in [1.807, 2.05) is 6.92 Å². The number of carbonyl (C=O) groups excluding carboxylic acids is 4. The number of methoxy groups -OCH3 is 1. The van der Waals surface area contributed by atoms with Crippen LogP contribution in [-0.4, -0.2) is 85.5 Å². The number of nitrogens with zero attached hydrogens (tertiary/aromatic N) is 2. The third-order valence-electron chi connectivity index (χ3n) is 5.27. The Hall–Kier alpha value is -3.05. The van der Waals surface area contributed by atoms with Gasteiger partial charge in [-0.25, -0.2) is 0 Å². The molecule has 11 heteroatoms. The van der Waals surface area contributed by atoms with E-state index in [9.17, 15) is 19.2 Å². The van der Waals surface area contributed by atoms with Gasteiger partial charge in [0.05, 0.1) is 31.3 Å². The van der Waals surface area contributed by atoms with Gasteiger partial charge in [-0.05, 0) is 48.9 Å². The highest BCUT2D eigenvalue weighted by Gasteiger charge is 2.37. The fourth-order valence-corrected chi connectivity index (χ4v) is 4.04. The van der Waals surface area contributed by atoms with Crippen LogP contribution < -0.4 is 9.47 Å². The highest BCUT2D eigenvalue weighted by Crippen LogP contribution is 2.34. The van der Waals surface area contributed by atoms with Gasteiger partial charge in [0.1, 0.15) is 6.54 Å². The minimum atomic E-state index is -0.632. The highest BCUT2D eigenvalue weighted by atomic mass is 32.2. The van der Waals surface area contributed by atoms with E-state index >= 15 is 0 Å². The predicted octanol–water partition coefficient (Wildman–Crippen LogP) is 2.31. The summed E-state index contributed by atoms with van der Waals surface area (Å²) in [5.74, 6) is -0.587. The average molecular weight is 493 g/mol. The molecule has 0 aliphatic carbocycles. The number of hydrogen-bond acceptors (Lipinski definition) is 9. The molecule has 2 saturated heterocycles. The molecule has 0 unspecified atom stereocenters. The molecule has 2 aliphatic rings. The molecule has 2 fully saturated rings. The van der Waals surface area contributed by atoms with Crippen LogP contribution in [0.2, 0.25) is 0 Å². The van der Waals surface area contributed by atoms with E-state index in [4.69, 9.17) is 18.9 Å². The quantitative estimate of drug-likeness (QED) is 0.379. The van der Waals surface area contributed by atoms with Crippen molar-refractivity contribution < 1.29 is 38.1 Å². The SMILES string of the molecule is CC[C@H](C)OC(=O)CN1C(=O)S/C(=C\c2ccc(OCC(=O)N3CCOCC3)c(OC)c2)C1=O. The predicted molar refractivity (Wildman–Crippen MR) is 124 cm³/mol. The van der Waals surface area contributed by atoms with E-state index in [-0.39, 0.29) is 23.5 Å². The standard InChI is InChI=1S/C23H28N2O8S/c1-4-15(2)33-21(27)13-25-22(28)19(34-23(25)29)12-16-5-6-17(18(11-16)30-3)32-14-20(26)24-7-9-31-10-8-24/h5-6,11-12,15H,4,7-10,13-14H2,1-3H3/b19-12-/t15-/m0/s1. The molecule has 3 amide bonds. The van der Waals surface area contributed by atoms with E-state index in [1.165, 1.54) is 13.2 Å². The topological polar surface area (TPSA) is 112 Å². The molecule has 1 aromatic rings. The third kappa shape index (κ3) is 6.51. The fourth-order valence-electron chi connectivity index (χ4n) is 3.20. The Morgan fingerprint density at radius 2 is 1.94 bits per heavy atom. The van der Waals surface area contributed by atoms with Crippen LogP contribution in [0.1, 0.15) is 25.8 Å². The molecular formula is C23H28N2O8S. The number of ether oxygens (including phenoxy) is 4. The lowest BCUT2D eigenvalue weighted by molar-refractivity contribution is -0.150. The molecule has 2 aliphatic heterocycles. The molecule has 0 N–H and O–H groups in total. The zero-order valence-electron chi connectivity index (χ0n) is 19.4. The monoisotopic (exact) mass is 492 g/mol. The normalized spacial score (nSPS) is 18.3. The Labute approximate surface area is 202 Å². The number of rotatable bonds is 9. The first-order valence-corrected chi connectivity index (χ1v) is 11.7. The van der Waals surface area contributed by atoms with Crippen molar-refractivity contribution in [3.05, 3.63) is 28.7 Å². The second-order valence-corrected chi connectivity index (χ2v) is 8.66. The van der Waals surface area contributed by atoms with Crippen LogP contribution in [0.3, 0.4) is 0 Å². The molecule has 1 aromatic carbocycles. The van der Waals surface area contributed by atoms with Gasteiger partial charge in [0, 0.05) is 13.1 Å². The minimum absolute atomic E-state index is 0.138. The molecule has 10 nitrogen and oxygen atoms in total. The lowest BCUT2D eigenvalue weighted by atomic mass is 10.2. The fraction of sp³-hybridized carbons (Fsp3) is 0.478. The molecule has 34 heavy (non-hydrogen) atoms. The summed E-state index contributed by atoms with van der Waals surface area (Å²) >= 11 is 0.749. The number of hydrogen-bond donors (Lipinski definition) is 0. The summed E-state index contributed by atoms with van der Waals surface area (Å²) in [7, 11) is 1.46. The van der Waals surface area contributed by atoms with E-state index in [1.54, 1.807) is 30.0 Å². The van der Waals surface area contributed by atoms with Crippen molar-refractivity contribution in [3.63, 3.8) is 0 Å². The van der Waals surface area contributed by atoms with Crippen molar-refractivity contribution in [2.45, 2.75) is 26.4 Å². The Morgan fingerprint density at radius 3 is 2.62 bits per heavy atom. The van der Waals surface area contributed by atoms with Gasteiger partial charge in [-0.15, -0.1) is 0 Å². The largest absolute Gasteiger partial charge is 0.493 e. The van der Waals surface area contributed by atoms with E-state index in [0.717, 1.165) is 16.7 Å². The Balaban J connectivity index is 1.64. The molecule has 184 valence electrons. The van der Waals surface area contributed by atoms with E-state index in [0.29, 0.717) is 49.8 Å². The molecule has 0 radical (unpaired) electrons. The van der Waals surface area contributed by atoms with Crippen molar-refractivity contribution in [1.29, 1.82) is 0 Å². The van der Waals surface area contributed by atoms with E-state index in [2.05, 4.69) is 0 Å². The summed E-state index contributed by atoms with van der Waals surface area (Å²) in [6.45, 7) is 5.12. The van der Waals surface area contributed by atoms with Crippen molar-refractivity contribution in [2.24, 2.45) is 0 Å².